The summed E-state index contributed by atoms with van der Waals surface area (Å²) in [7, 11) is 0. The molecule has 1 fully saturated rings. The quantitative estimate of drug-likeness (QED) is 0.657. The Morgan fingerprint density at radius 3 is 2.97 bits per heavy atom. The highest BCUT2D eigenvalue weighted by atomic mass is 35.5. The van der Waals surface area contributed by atoms with Gasteiger partial charge >= 0.3 is 0 Å². The van der Waals surface area contributed by atoms with Crippen LogP contribution < -0.4 is 5.32 Å². The van der Waals surface area contributed by atoms with E-state index >= 15 is 0 Å². The highest BCUT2D eigenvalue weighted by Crippen LogP contribution is 2.25. The van der Waals surface area contributed by atoms with Crippen molar-refractivity contribution in [1.82, 2.24) is 9.88 Å². The van der Waals surface area contributed by atoms with Gasteiger partial charge in [-0.1, -0.05) is 35.9 Å². The van der Waals surface area contributed by atoms with Crippen molar-refractivity contribution in [3.8, 4) is 11.3 Å². The van der Waals surface area contributed by atoms with Gasteiger partial charge < -0.3 is 19.7 Å². The second-order valence-electron chi connectivity index (χ2n) is 7.07. The number of halogens is 1. The number of anilines is 1. The van der Waals surface area contributed by atoms with E-state index in [1.165, 1.54) is 0 Å². The Morgan fingerprint density at radius 2 is 2.14 bits per heavy atom. The topological polar surface area (TPSA) is 78.6 Å². The van der Waals surface area contributed by atoms with Gasteiger partial charge in [0.2, 0.25) is 5.89 Å². The number of aromatic nitrogens is 1. The number of hydrogen-bond donors (Lipinski definition) is 2. The largest absolute Gasteiger partial charge is 0.439 e. The van der Waals surface area contributed by atoms with Crippen LogP contribution in [0.25, 0.3) is 11.3 Å². The van der Waals surface area contributed by atoms with Crippen molar-refractivity contribution in [1.29, 1.82) is 0 Å². The number of oxazole rings is 1. The van der Waals surface area contributed by atoms with Gasteiger partial charge in [-0.25, -0.2) is 4.98 Å². The molecule has 6 nitrogen and oxygen atoms in total. The number of likely N-dealkylation sites (tertiary alicyclic amines) is 1. The molecule has 1 amide bonds. The lowest BCUT2D eigenvalue weighted by molar-refractivity contribution is 0.0474. The standard InChI is InChI=1S/C22H22ClN3O3/c23-16-6-3-5-15(11-16)20-12-25-21(29-20)13-24-19-9-2-1-8-18(19)22(28)26-10-4-7-17(27)14-26/h1-3,5-6,8-9,11-12,17,24,27H,4,7,10,13-14H2. The van der Waals surface area contributed by atoms with E-state index in [-0.39, 0.29) is 5.91 Å². The van der Waals surface area contributed by atoms with Crippen LogP contribution in [0.4, 0.5) is 5.69 Å². The number of benzene rings is 2. The Morgan fingerprint density at radius 1 is 1.28 bits per heavy atom. The lowest BCUT2D eigenvalue weighted by Gasteiger charge is -2.30. The summed E-state index contributed by atoms with van der Waals surface area (Å²) in [6.07, 6.45) is 2.76. The number of nitrogens with zero attached hydrogens (tertiary/aromatic N) is 2. The summed E-state index contributed by atoms with van der Waals surface area (Å²) in [6.45, 7) is 1.37. The van der Waals surface area contributed by atoms with Crippen LogP contribution in [0.2, 0.25) is 5.02 Å². The summed E-state index contributed by atoms with van der Waals surface area (Å²) in [5.41, 5.74) is 2.14. The Hall–Kier alpha value is -2.83. The number of para-hydroxylation sites is 1. The van der Waals surface area contributed by atoms with Crippen molar-refractivity contribution >= 4 is 23.2 Å². The van der Waals surface area contributed by atoms with Crippen LogP contribution in [0.3, 0.4) is 0 Å². The maximum Gasteiger partial charge on any atom is 0.256 e. The fourth-order valence-electron chi connectivity index (χ4n) is 3.47. The molecule has 4 rings (SSSR count). The maximum absolute atomic E-state index is 12.9. The first-order valence-electron chi connectivity index (χ1n) is 9.61. The third-order valence-electron chi connectivity index (χ3n) is 4.93. The molecule has 1 unspecified atom stereocenters. The third kappa shape index (κ3) is 4.60. The van der Waals surface area contributed by atoms with Gasteiger partial charge in [-0.2, -0.15) is 0 Å². The van der Waals surface area contributed by atoms with E-state index in [0.717, 1.165) is 18.4 Å². The molecule has 0 aliphatic carbocycles. The Labute approximate surface area is 174 Å². The van der Waals surface area contributed by atoms with Crippen LogP contribution in [0, 0.1) is 0 Å². The SMILES string of the molecule is O=C(c1ccccc1NCc1ncc(-c2cccc(Cl)c2)o1)N1CCCC(O)C1. The molecule has 29 heavy (non-hydrogen) atoms. The van der Waals surface area contributed by atoms with Gasteiger partial charge in [0, 0.05) is 29.4 Å². The zero-order chi connectivity index (χ0) is 20.2. The normalized spacial score (nSPS) is 16.6. The Bertz CT molecular complexity index is 1000. The fourth-order valence-corrected chi connectivity index (χ4v) is 3.66. The molecular weight excluding hydrogens is 390 g/mol. The zero-order valence-electron chi connectivity index (χ0n) is 15.8. The number of aliphatic hydroxyl groups excluding tert-OH is 1. The maximum atomic E-state index is 12.9. The molecule has 0 radical (unpaired) electrons. The summed E-state index contributed by atoms with van der Waals surface area (Å²) >= 11 is 6.04. The number of piperidine rings is 1. The molecule has 1 atom stereocenters. The number of aliphatic hydroxyl groups is 1. The van der Waals surface area contributed by atoms with Gasteiger partial charge in [-0.3, -0.25) is 4.79 Å². The van der Waals surface area contributed by atoms with Crippen LogP contribution in [-0.4, -0.2) is 40.1 Å². The number of amides is 1. The lowest BCUT2D eigenvalue weighted by Crippen LogP contribution is -2.42. The first kappa shape index (κ1) is 19.5. The molecule has 1 aromatic heterocycles. The van der Waals surface area contributed by atoms with E-state index in [0.29, 0.717) is 47.6 Å². The van der Waals surface area contributed by atoms with Crippen molar-refractivity contribution in [3.05, 3.63) is 71.2 Å². The average molecular weight is 412 g/mol. The summed E-state index contributed by atoms with van der Waals surface area (Å²) < 4.78 is 5.82. The second-order valence-corrected chi connectivity index (χ2v) is 7.51. The average Bonchev–Trinajstić information content (AvgIpc) is 3.21. The number of rotatable bonds is 5. The summed E-state index contributed by atoms with van der Waals surface area (Å²) in [5.74, 6) is 1.06. The molecule has 1 aliphatic heterocycles. The van der Waals surface area contributed by atoms with Crippen LogP contribution in [0.1, 0.15) is 29.1 Å². The smallest absolute Gasteiger partial charge is 0.256 e. The molecule has 2 aromatic carbocycles. The molecule has 2 N–H and O–H groups in total. The predicted octanol–water partition coefficient (Wildman–Crippen LogP) is 4.20. The molecular formula is C22H22ClN3O3. The highest BCUT2D eigenvalue weighted by molar-refractivity contribution is 6.30. The van der Waals surface area contributed by atoms with Gasteiger partial charge in [0.15, 0.2) is 5.76 Å². The summed E-state index contributed by atoms with van der Waals surface area (Å²) in [6, 6.07) is 14.7. The van der Waals surface area contributed by atoms with Crippen LogP contribution in [-0.2, 0) is 6.54 Å². The summed E-state index contributed by atoms with van der Waals surface area (Å²) in [4.78, 5) is 18.9. The number of carbonyl (C=O) groups excluding carboxylic acids is 1. The van der Waals surface area contributed by atoms with E-state index in [9.17, 15) is 9.90 Å². The highest BCUT2D eigenvalue weighted by Gasteiger charge is 2.24. The molecule has 3 aromatic rings. The van der Waals surface area contributed by atoms with Crippen LogP contribution in [0.15, 0.2) is 59.1 Å². The van der Waals surface area contributed by atoms with E-state index in [1.54, 1.807) is 23.2 Å². The molecule has 2 heterocycles. The lowest BCUT2D eigenvalue weighted by atomic mass is 10.1. The van der Waals surface area contributed by atoms with Gasteiger partial charge in [0.25, 0.3) is 5.91 Å². The van der Waals surface area contributed by atoms with Crippen molar-refractivity contribution in [2.24, 2.45) is 0 Å². The molecule has 7 heteroatoms. The van der Waals surface area contributed by atoms with E-state index < -0.39 is 6.10 Å². The Balaban J connectivity index is 1.46. The molecule has 1 saturated heterocycles. The number of carbonyl (C=O) groups is 1. The van der Waals surface area contributed by atoms with E-state index in [2.05, 4.69) is 10.3 Å². The number of β-amino-alcohol motifs (C(OH)–C–C–N with tert-alkyl or cyclic N) is 1. The van der Waals surface area contributed by atoms with Gasteiger partial charge in [-0.05, 0) is 37.1 Å². The molecule has 0 spiro atoms. The minimum absolute atomic E-state index is 0.0844. The molecule has 0 bridgehead atoms. The first-order valence-corrected chi connectivity index (χ1v) is 9.99. The number of hydrogen-bond acceptors (Lipinski definition) is 5. The van der Waals surface area contributed by atoms with Crippen LogP contribution in [0.5, 0.6) is 0 Å². The van der Waals surface area contributed by atoms with Gasteiger partial charge in [-0.15, -0.1) is 0 Å². The van der Waals surface area contributed by atoms with Crippen molar-refractivity contribution < 1.29 is 14.3 Å². The molecule has 0 saturated carbocycles. The zero-order valence-corrected chi connectivity index (χ0v) is 16.6. The van der Waals surface area contributed by atoms with Crippen LogP contribution >= 0.6 is 11.6 Å². The fraction of sp³-hybridized carbons (Fsp3) is 0.273. The predicted molar refractivity (Wildman–Crippen MR) is 112 cm³/mol. The van der Waals surface area contributed by atoms with E-state index in [4.69, 9.17) is 16.0 Å². The minimum Gasteiger partial charge on any atom is -0.439 e. The van der Waals surface area contributed by atoms with Gasteiger partial charge in [0.05, 0.1) is 24.4 Å². The molecule has 150 valence electrons. The van der Waals surface area contributed by atoms with Gasteiger partial charge in [0.1, 0.15) is 0 Å². The third-order valence-corrected chi connectivity index (χ3v) is 5.17. The van der Waals surface area contributed by atoms with Crippen molar-refractivity contribution in [2.45, 2.75) is 25.5 Å². The monoisotopic (exact) mass is 411 g/mol. The number of nitrogens with one attached hydrogen (secondary N) is 1. The van der Waals surface area contributed by atoms with Crippen molar-refractivity contribution in [2.75, 3.05) is 18.4 Å². The molecule has 1 aliphatic rings. The summed E-state index contributed by atoms with van der Waals surface area (Å²) in [5, 5.41) is 13.7. The Kier molecular flexibility index (Phi) is 5.83. The van der Waals surface area contributed by atoms with E-state index in [1.807, 2.05) is 36.4 Å². The minimum atomic E-state index is -0.454. The van der Waals surface area contributed by atoms with Crippen molar-refractivity contribution in [3.63, 3.8) is 0 Å². The first-order chi connectivity index (χ1) is 14.1. The second kappa shape index (κ2) is 8.68.